The lowest BCUT2D eigenvalue weighted by molar-refractivity contribution is 0.234. The summed E-state index contributed by atoms with van der Waals surface area (Å²) in [6.45, 7) is 5.02. The highest BCUT2D eigenvalue weighted by Gasteiger charge is 2.07. The topological polar surface area (TPSA) is 54.4 Å². The molecule has 1 N–H and O–H groups in total. The second-order valence-corrected chi connectivity index (χ2v) is 4.68. The van der Waals surface area contributed by atoms with Crippen LogP contribution in [0.25, 0.3) is 0 Å². The van der Waals surface area contributed by atoms with Gasteiger partial charge >= 0.3 is 0 Å². The Labute approximate surface area is 67.7 Å². The van der Waals surface area contributed by atoms with Gasteiger partial charge in [-0.05, 0) is 12.3 Å². The molecule has 4 heteroatoms. The van der Waals surface area contributed by atoms with Crippen molar-refractivity contribution in [2.75, 3.05) is 12.4 Å². The maximum absolute atomic E-state index is 10.8. The van der Waals surface area contributed by atoms with E-state index in [4.69, 9.17) is 5.11 Å². The molecule has 0 bridgehead atoms. The van der Waals surface area contributed by atoms with Crippen LogP contribution in [0, 0.1) is 5.92 Å². The SMILES string of the molecule is C=CS(=O)(=O)CCC(C)CO. The molecule has 0 saturated carbocycles. The van der Waals surface area contributed by atoms with E-state index < -0.39 is 9.84 Å². The summed E-state index contributed by atoms with van der Waals surface area (Å²) in [6, 6.07) is 0. The molecule has 66 valence electrons. The second-order valence-electron chi connectivity index (χ2n) is 2.61. The Kier molecular flexibility index (Phi) is 4.37. The van der Waals surface area contributed by atoms with Crippen molar-refractivity contribution >= 4 is 9.84 Å². The highest BCUT2D eigenvalue weighted by Crippen LogP contribution is 2.03. The molecule has 0 spiro atoms. The maximum atomic E-state index is 10.8. The zero-order chi connectivity index (χ0) is 8.91. The Morgan fingerprint density at radius 2 is 2.18 bits per heavy atom. The number of sulfone groups is 1. The van der Waals surface area contributed by atoms with Crippen LogP contribution in [0.2, 0.25) is 0 Å². The molecule has 1 atom stereocenters. The standard InChI is InChI=1S/C7H14O3S/c1-3-11(9,10)5-4-7(2)6-8/h3,7-8H,1,4-6H2,2H3. The van der Waals surface area contributed by atoms with Gasteiger partial charge in [-0.3, -0.25) is 0 Å². The van der Waals surface area contributed by atoms with Gasteiger partial charge in [0, 0.05) is 12.0 Å². The van der Waals surface area contributed by atoms with Gasteiger partial charge in [0.25, 0.3) is 0 Å². The van der Waals surface area contributed by atoms with E-state index in [1.165, 1.54) is 0 Å². The molecule has 0 amide bonds. The predicted molar refractivity (Wildman–Crippen MR) is 44.9 cm³/mol. The van der Waals surface area contributed by atoms with Crippen molar-refractivity contribution in [1.82, 2.24) is 0 Å². The predicted octanol–water partition coefficient (Wildman–Crippen LogP) is 0.563. The van der Waals surface area contributed by atoms with Gasteiger partial charge in [-0.25, -0.2) is 8.42 Å². The first-order chi connectivity index (χ1) is 5.02. The normalized spacial score (nSPS) is 14.4. The van der Waals surface area contributed by atoms with E-state index in [0.29, 0.717) is 6.42 Å². The molecule has 3 nitrogen and oxygen atoms in total. The molecule has 0 aromatic heterocycles. The average Bonchev–Trinajstić information content (AvgIpc) is 2.00. The van der Waals surface area contributed by atoms with Crippen molar-refractivity contribution in [2.45, 2.75) is 13.3 Å². The first-order valence-corrected chi connectivity index (χ1v) is 5.19. The van der Waals surface area contributed by atoms with E-state index in [2.05, 4.69) is 6.58 Å². The lowest BCUT2D eigenvalue weighted by Crippen LogP contribution is -2.09. The number of aliphatic hydroxyl groups is 1. The van der Waals surface area contributed by atoms with Crippen molar-refractivity contribution in [3.05, 3.63) is 12.0 Å². The smallest absolute Gasteiger partial charge is 0.171 e. The summed E-state index contributed by atoms with van der Waals surface area (Å²) in [7, 11) is -3.07. The lowest BCUT2D eigenvalue weighted by atomic mass is 10.1. The maximum Gasteiger partial charge on any atom is 0.171 e. The van der Waals surface area contributed by atoms with Gasteiger partial charge in [-0.15, -0.1) is 0 Å². The van der Waals surface area contributed by atoms with Crippen LogP contribution in [-0.2, 0) is 9.84 Å². The van der Waals surface area contributed by atoms with Crippen molar-refractivity contribution in [1.29, 1.82) is 0 Å². The molecule has 0 aliphatic carbocycles. The Morgan fingerprint density at radius 1 is 1.64 bits per heavy atom. The molecular formula is C7H14O3S. The fourth-order valence-electron chi connectivity index (χ4n) is 0.540. The van der Waals surface area contributed by atoms with Crippen LogP contribution in [0.1, 0.15) is 13.3 Å². The van der Waals surface area contributed by atoms with E-state index in [-0.39, 0.29) is 18.3 Å². The van der Waals surface area contributed by atoms with E-state index in [1.807, 2.05) is 0 Å². The summed E-state index contributed by atoms with van der Waals surface area (Å²) in [5.41, 5.74) is 0. The van der Waals surface area contributed by atoms with Gasteiger partial charge in [-0.2, -0.15) is 0 Å². The quantitative estimate of drug-likeness (QED) is 0.669. The largest absolute Gasteiger partial charge is 0.396 e. The average molecular weight is 178 g/mol. The van der Waals surface area contributed by atoms with Crippen molar-refractivity contribution in [3.63, 3.8) is 0 Å². The highest BCUT2D eigenvalue weighted by molar-refractivity contribution is 7.94. The van der Waals surface area contributed by atoms with Gasteiger partial charge in [0.2, 0.25) is 0 Å². The van der Waals surface area contributed by atoms with Gasteiger partial charge in [0.05, 0.1) is 5.75 Å². The zero-order valence-corrected chi connectivity index (χ0v) is 7.47. The molecule has 1 unspecified atom stereocenters. The third kappa shape index (κ3) is 4.98. The van der Waals surface area contributed by atoms with Crippen LogP contribution in [0.3, 0.4) is 0 Å². The lowest BCUT2D eigenvalue weighted by Gasteiger charge is -2.04. The first kappa shape index (κ1) is 10.7. The number of aliphatic hydroxyl groups excluding tert-OH is 1. The molecule has 11 heavy (non-hydrogen) atoms. The Morgan fingerprint density at radius 3 is 2.55 bits per heavy atom. The van der Waals surface area contributed by atoms with Crippen LogP contribution in [0.4, 0.5) is 0 Å². The third-order valence-electron chi connectivity index (χ3n) is 1.46. The Bertz CT molecular complexity index is 206. The molecule has 0 saturated heterocycles. The van der Waals surface area contributed by atoms with Crippen molar-refractivity contribution in [2.24, 2.45) is 5.92 Å². The molecule has 0 aromatic carbocycles. The number of rotatable bonds is 5. The summed E-state index contributed by atoms with van der Waals surface area (Å²) in [5, 5.41) is 9.54. The molecular weight excluding hydrogens is 164 g/mol. The van der Waals surface area contributed by atoms with E-state index >= 15 is 0 Å². The van der Waals surface area contributed by atoms with Crippen molar-refractivity contribution in [3.8, 4) is 0 Å². The molecule has 0 fully saturated rings. The van der Waals surface area contributed by atoms with Crippen LogP contribution >= 0.6 is 0 Å². The Balaban J connectivity index is 3.80. The highest BCUT2D eigenvalue weighted by atomic mass is 32.2. The minimum atomic E-state index is -3.07. The van der Waals surface area contributed by atoms with Gasteiger partial charge in [0.1, 0.15) is 0 Å². The molecule has 0 radical (unpaired) electrons. The number of hydrogen-bond donors (Lipinski definition) is 1. The van der Waals surface area contributed by atoms with Gasteiger partial charge < -0.3 is 5.11 Å². The summed E-state index contributed by atoms with van der Waals surface area (Å²) in [6.07, 6.45) is 0.491. The molecule has 0 aliphatic heterocycles. The van der Waals surface area contributed by atoms with Crippen LogP contribution in [0.15, 0.2) is 12.0 Å². The summed E-state index contributed by atoms with van der Waals surface area (Å²) in [5.74, 6) is 0.128. The third-order valence-corrected chi connectivity index (χ3v) is 2.77. The molecule has 0 aromatic rings. The van der Waals surface area contributed by atoms with Gasteiger partial charge in [-0.1, -0.05) is 13.5 Å². The van der Waals surface area contributed by atoms with Gasteiger partial charge in [0.15, 0.2) is 9.84 Å². The fraction of sp³-hybridized carbons (Fsp3) is 0.714. The zero-order valence-electron chi connectivity index (χ0n) is 6.66. The van der Waals surface area contributed by atoms with Crippen LogP contribution in [-0.4, -0.2) is 25.9 Å². The van der Waals surface area contributed by atoms with Crippen LogP contribution < -0.4 is 0 Å². The van der Waals surface area contributed by atoms with E-state index in [0.717, 1.165) is 5.41 Å². The summed E-state index contributed by atoms with van der Waals surface area (Å²) in [4.78, 5) is 0. The minimum absolute atomic E-state index is 0.0344. The molecule has 0 heterocycles. The van der Waals surface area contributed by atoms with Crippen molar-refractivity contribution < 1.29 is 13.5 Å². The van der Waals surface area contributed by atoms with E-state index in [9.17, 15) is 8.42 Å². The fourth-order valence-corrected chi connectivity index (χ4v) is 1.44. The van der Waals surface area contributed by atoms with Crippen LogP contribution in [0.5, 0.6) is 0 Å². The minimum Gasteiger partial charge on any atom is -0.396 e. The summed E-state index contributed by atoms with van der Waals surface area (Å²) >= 11 is 0. The summed E-state index contributed by atoms with van der Waals surface area (Å²) < 4.78 is 21.6. The molecule has 0 rings (SSSR count). The van der Waals surface area contributed by atoms with E-state index in [1.54, 1.807) is 6.92 Å². The monoisotopic (exact) mass is 178 g/mol. The number of hydrogen-bond acceptors (Lipinski definition) is 3. The first-order valence-electron chi connectivity index (χ1n) is 3.48. The second kappa shape index (κ2) is 4.51. The Hall–Kier alpha value is -0.350. The molecule has 0 aliphatic rings.